The van der Waals surface area contributed by atoms with Gasteiger partial charge in [-0.05, 0) is 33.1 Å². The van der Waals surface area contributed by atoms with Crippen LogP contribution < -0.4 is 10.6 Å². The molecule has 18 heavy (non-hydrogen) atoms. The summed E-state index contributed by atoms with van der Waals surface area (Å²) in [6.45, 7) is 11.7. The molecule has 0 spiro atoms. The van der Waals surface area contributed by atoms with Gasteiger partial charge in [0.15, 0.2) is 0 Å². The molecule has 2 N–H and O–H groups in total. The predicted molar refractivity (Wildman–Crippen MR) is 71.3 cm³/mol. The van der Waals surface area contributed by atoms with E-state index in [-0.39, 0.29) is 11.9 Å². The number of nitrogens with one attached hydrogen (secondary N) is 2. The van der Waals surface area contributed by atoms with E-state index in [0.717, 1.165) is 6.42 Å². The Labute approximate surface area is 110 Å². The highest BCUT2D eigenvalue weighted by molar-refractivity contribution is 5.83. The van der Waals surface area contributed by atoms with Crippen LogP contribution >= 0.6 is 0 Å². The van der Waals surface area contributed by atoms with Gasteiger partial charge in [0.05, 0.1) is 0 Å². The van der Waals surface area contributed by atoms with Gasteiger partial charge in [-0.25, -0.2) is 9.59 Å². The van der Waals surface area contributed by atoms with Crippen molar-refractivity contribution in [2.45, 2.75) is 59.6 Å². The Morgan fingerprint density at radius 2 is 1.78 bits per heavy atom. The maximum atomic E-state index is 11.9. The van der Waals surface area contributed by atoms with Crippen molar-refractivity contribution in [3.63, 3.8) is 0 Å². The Morgan fingerprint density at radius 3 is 2.17 bits per heavy atom. The van der Waals surface area contributed by atoms with E-state index in [2.05, 4.69) is 10.6 Å². The van der Waals surface area contributed by atoms with E-state index in [1.165, 1.54) is 0 Å². The lowest BCUT2D eigenvalue weighted by atomic mass is 10.0. The lowest BCUT2D eigenvalue weighted by Crippen LogP contribution is -2.50. The van der Waals surface area contributed by atoms with Gasteiger partial charge in [-0.15, -0.1) is 0 Å². The van der Waals surface area contributed by atoms with Crippen molar-refractivity contribution in [2.24, 2.45) is 5.92 Å². The van der Waals surface area contributed by atoms with Crippen LogP contribution in [0.25, 0.3) is 0 Å². The van der Waals surface area contributed by atoms with Crippen molar-refractivity contribution >= 4 is 12.0 Å². The van der Waals surface area contributed by atoms with E-state index >= 15 is 0 Å². The van der Waals surface area contributed by atoms with Gasteiger partial charge >= 0.3 is 12.0 Å². The average Bonchev–Trinajstić information content (AvgIpc) is 2.19. The average molecular weight is 258 g/mol. The Morgan fingerprint density at radius 1 is 1.22 bits per heavy atom. The summed E-state index contributed by atoms with van der Waals surface area (Å²) in [6, 6.07) is -0.956. The highest BCUT2D eigenvalue weighted by atomic mass is 16.6. The molecule has 2 amide bonds. The standard InChI is InChI=1S/C13H26N2O3/c1-7-8-14-12(17)15-10(9(2)3)11(16)18-13(4,5)6/h9-10H,7-8H2,1-6H3,(H2,14,15,17)/t10-/m1/s1. The summed E-state index contributed by atoms with van der Waals surface area (Å²) >= 11 is 0. The maximum absolute atomic E-state index is 11.9. The van der Waals surface area contributed by atoms with Crippen LogP contribution in [0.3, 0.4) is 0 Å². The molecule has 0 aromatic heterocycles. The van der Waals surface area contributed by atoms with Crippen LogP contribution in [0.5, 0.6) is 0 Å². The van der Waals surface area contributed by atoms with E-state index in [0.29, 0.717) is 6.54 Å². The first-order valence-electron chi connectivity index (χ1n) is 6.44. The van der Waals surface area contributed by atoms with Crippen molar-refractivity contribution in [3.8, 4) is 0 Å². The first kappa shape index (κ1) is 16.7. The van der Waals surface area contributed by atoms with Crippen molar-refractivity contribution in [3.05, 3.63) is 0 Å². The van der Waals surface area contributed by atoms with Crippen molar-refractivity contribution < 1.29 is 14.3 Å². The summed E-state index contributed by atoms with van der Waals surface area (Å²) < 4.78 is 5.29. The summed E-state index contributed by atoms with van der Waals surface area (Å²) in [5.41, 5.74) is -0.550. The van der Waals surface area contributed by atoms with Crippen LogP contribution in [-0.2, 0) is 9.53 Å². The number of amides is 2. The van der Waals surface area contributed by atoms with E-state index < -0.39 is 17.6 Å². The molecule has 1 atom stereocenters. The van der Waals surface area contributed by atoms with Gasteiger partial charge in [0, 0.05) is 6.54 Å². The van der Waals surface area contributed by atoms with Gasteiger partial charge < -0.3 is 15.4 Å². The number of urea groups is 1. The molecular weight excluding hydrogens is 232 g/mol. The third-order valence-electron chi connectivity index (χ3n) is 2.15. The number of hydrogen-bond donors (Lipinski definition) is 2. The lowest BCUT2D eigenvalue weighted by molar-refractivity contribution is -0.158. The molecule has 106 valence electrons. The monoisotopic (exact) mass is 258 g/mol. The predicted octanol–water partition coefficient (Wildman–Crippen LogP) is 2.06. The smallest absolute Gasteiger partial charge is 0.329 e. The van der Waals surface area contributed by atoms with Gasteiger partial charge in [0.2, 0.25) is 0 Å². The van der Waals surface area contributed by atoms with Crippen molar-refractivity contribution in [1.29, 1.82) is 0 Å². The first-order chi connectivity index (χ1) is 8.17. The largest absolute Gasteiger partial charge is 0.458 e. The Bertz CT molecular complexity index is 282. The normalized spacial score (nSPS) is 13.1. The fourth-order valence-electron chi connectivity index (χ4n) is 1.29. The molecule has 0 aliphatic rings. The quantitative estimate of drug-likeness (QED) is 0.742. The molecule has 5 heteroatoms. The fraction of sp³-hybridized carbons (Fsp3) is 0.846. The van der Waals surface area contributed by atoms with Gasteiger partial charge in [-0.3, -0.25) is 0 Å². The molecule has 0 heterocycles. The SMILES string of the molecule is CCCNC(=O)N[C@@H](C(=O)OC(C)(C)C)C(C)C. The summed E-state index contributed by atoms with van der Waals surface area (Å²) in [6.07, 6.45) is 0.853. The molecule has 0 saturated heterocycles. The molecule has 0 aliphatic carbocycles. The highest BCUT2D eigenvalue weighted by Crippen LogP contribution is 2.12. The zero-order chi connectivity index (χ0) is 14.3. The second-order valence-corrected chi connectivity index (χ2v) is 5.66. The van der Waals surface area contributed by atoms with E-state index in [1.54, 1.807) is 20.8 Å². The lowest BCUT2D eigenvalue weighted by Gasteiger charge is -2.26. The molecule has 0 bridgehead atoms. The summed E-state index contributed by atoms with van der Waals surface area (Å²) in [4.78, 5) is 23.5. The Kier molecular flexibility index (Phi) is 6.73. The van der Waals surface area contributed by atoms with Gasteiger partial charge in [-0.2, -0.15) is 0 Å². The van der Waals surface area contributed by atoms with Crippen LogP contribution in [0.15, 0.2) is 0 Å². The molecule has 0 aromatic carbocycles. The molecule has 5 nitrogen and oxygen atoms in total. The minimum Gasteiger partial charge on any atom is -0.458 e. The number of hydrogen-bond acceptors (Lipinski definition) is 3. The molecule has 0 rings (SSSR count). The van der Waals surface area contributed by atoms with Gasteiger partial charge in [-0.1, -0.05) is 20.8 Å². The molecule has 0 aliphatic heterocycles. The molecule has 0 radical (unpaired) electrons. The minimum atomic E-state index is -0.624. The van der Waals surface area contributed by atoms with Crippen LogP contribution in [0.4, 0.5) is 4.79 Å². The van der Waals surface area contributed by atoms with Crippen LogP contribution in [0.2, 0.25) is 0 Å². The van der Waals surface area contributed by atoms with E-state index in [9.17, 15) is 9.59 Å². The summed E-state index contributed by atoms with van der Waals surface area (Å²) in [7, 11) is 0. The number of carbonyl (C=O) groups excluding carboxylic acids is 2. The zero-order valence-corrected chi connectivity index (χ0v) is 12.3. The topological polar surface area (TPSA) is 67.4 Å². The minimum absolute atomic E-state index is 0.0211. The maximum Gasteiger partial charge on any atom is 0.329 e. The van der Waals surface area contributed by atoms with Crippen LogP contribution in [0.1, 0.15) is 48.0 Å². The second-order valence-electron chi connectivity index (χ2n) is 5.66. The first-order valence-corrected chi connectivity index (χ1v) is 6.44. The third-order valence-corrected chi connectivity index (χ3v) is 2.15. The third kappa shape index (κ3) is 7.14. The van der Waals surface area contributed by atoms with Crippen molar-refractivity contribution in [2.75, 3.05) is 6.54 Å². The van der Waals surface area contributed by atoms with Gasteiger partial charge in [0.1, 0.15) is 11.6 Å². The molecular formula is C13H26N2O3. The van der Waals surface area contributed by atoms with E-state index in [4.69, 9.17) is 4.74 Å². The molecule has 0 fully saturated rings. The number of carbonyl (C=O) groups is 2. The highest BCUT2D eigenvalue weighted by Gasteiger charge is 2.28. The summed E-state index contributed by atoms with van der Waals surface area (Å²) in [5.74, 6) is -0.420. The number of ether oxygens (including phenoxy) is 1. The van der Waals surface area contributed by atoms with Crippen molar-refractivity contribution in [1.82, 2.24) is 10.6 Å². The number of rotatable bonds is 5. The van der Waals surface area contributed by atoms with E-state index in [1.807, 2.05) is 20.8 Å². The second kappa shape index (κ2) is 7.24. The Hall–Kier alpha value is -1.26. The summed E-state index contributed by atoms with van der Waals surface area (Å²) in [5, 5.41) is 5.33. The van der Waals surface area contributed by atoms with Crippen LogP contribution in [0, 0.1) is 5.92 Å². The van der Waals surface area contributed by atoms with Crippen LogP contribution in [-0.4, -0.2) is 30.2 Å². The Balaban J connectivity index is 4.48. The molecule has 0 saturated carbocycles. The fourth-order valence-corrected chi connectivity index (χ4v) is 1.29. The van der Waals surface area contributed by atoms with Gasteiger partial charge in [0.25, 0.3) is 0 Å². The molecule has 0 unspecified atom stereocenters. The number of esters is 1. The zero-order valence-electron chi connectivity index (χ0n) is 12.3. The molecule has 0 aromatic rings.